The van der Waals surface area contributed by atoms with Gasteiger partial charge in [0.25, 0.3) is 0 Å². The van der Waals surface area contributed by atoms with E-state index in [0.717, 1.165) is 28.6 Å². The molecule has 36 heavy (non-hydrogen) atoms. The Hall–Kier alpha value is -2.91. The van der Waals surface area contributed by atoms with Gasteiger partial charge in [0, 0.05) is 25.6 Å². The molecule has 9 nitrogen and oxygen atoms in total. The number of benzene rings is 1. The van der Waals surface area contributed by atoms with Crippen LogP contribution in [0.25, 0.3) is 0 Å². The average molecular weight is 535 g/mol. The quantitative estimate of drug-likeness (QED) is 0.542. The third-order valence-corrected chi connectivity index (χ3v) is 8.01. The third-order valence-electron chi connectivity index (χ3n) is 6.00. The minimum absolute atomic E-state index is 0.0314. The number of hydrogen-bond donors (Lipinski definition) is 1. The Morgan fingerprint density at radius 2 is 1.86 bits per heavy atom. The molecule has 2 aliphatic rings. The zero-order chi connectivity index (χ0) is 26.3. The molecular weight excluding hydrogens is 513 g/mol. The van der Waals surface area contributed by atoms with Crippen molar-refractivity contribution in [3.8, 4) is 0 Å². The minimum Gasteiger partial charge on any atom is -0.351 e. The molecule has 2 saturated heterocycles. The molecule has 0 radical (unpaired) electrons. The van der Waals surface area contributed by atoms with E-state index in [1.807, 2.05) is 0 Å². The van der Waals surface area contributed by atoms with Gasteiger partial charge in [-0.3, -0.25) is 9.53 Å². The zero-order valence-electron chi connectivity index (χ0n) is 18.8. The molecule has 0 aliphatic carbocycles. The molecule has 4 rings (SSSR count). The largest absolute Gasteiger partial charge is 0.522 e. The zero-order valence-corrected chi connectivity index (χ0v) is 19.6. The molecule has 0 unspecified atom stereocenters. The molecule has 3 heterocycles. The average Bonchev–Trinajstić information content (AvgIpc) is 3.09. The molecule has 15 heteroatoms. The van der Waals surface area contributed by atoms with Gasteiger partial charge in [-0.25, -0.2) is 27.2 Å². The van der Waals surface area contributed by atoms with Crippen LogP contribution >= 0.6 is 0 Å². The fraction of sp³-hybridized carbons (Fsp3) is 0.476. The Labute approximate surface area is 203 Å². The van der Waals surface area contributed by atoms with Crippen LogP contribution in [0.15, 0.2) is 41.6 Å². The number of aromatic nitrogens is 2. The second-order valence-electron chi connectivity index (χ2n) is 8.47. The summed E-state index contributed by atoms with van der Waals surface area (Å²) in [6.07, 6.45) is -6.53. The van der Waals surface area contributed by atoms with Crippen molar-refractivity contribution >= 4 is 21.7 Å². The molecular formula is C21H22F5N5O4S. The molecule has 0 spiro atoms. The van der Waals surface area contributed by atoms with Crippen molar-refractivity contribution in [1.29, 1.82) is 0 Å². The molecule has 2 aliphatic heterocycles. The topological polar surface area (TPSA) is 105 Å². The highest BCUT2D eigenvalue weighted by molar-refractivity contribution is 7.89. The summed E-state index contributed by atoms with van der Waals surface area (Å²) in [4.78, 5) is 22.2. The maximum atomic E-state index is 14.5. The van der Waals surface area contributed by atoms with Gasteiger partial charge in [-0.2, -0.15) is 4.31 Å². The Balaban J connectivity index is 1.41. The number of halogens is 5. The predicted molar refractivity (Wildman–Crippen MR) is 115 cm³/mol. The summed E-state index contributed by atoms with van der Waals surface area (Å²) < 4.78 is 95.6. The van der Waals surface area contributed by atoms with Gasteiger partial charge in [0.2, 0.25) is 15.9 Å². The molecule has 0 saturated carbocycles. The van der Waals surface area contributed by atoms with Gasteiger partial charge >= 0.3 is 6.36 Å². The lowest BCUT2D eigenvalue weighted by molar-refractivity contribution is -0.344. The van der Waals surface area contributed by atoms with E-state index >= 15 is 0 Å². The van der Waals surface area contributed by atoms with Gasteiger partial charge in [0.1, 0.15) is 36.3 Å². The summed E-state index contributed by atoms with van der Waals surface area (Å²) in [5.41, 5.74) is 0.310. The van der Waals surface area contributed by atoms with Crippen LogP contribution in [0.1, 0.15) is 19.0 Å². The fourth-order valence-electron chi connectivity index (χ4n) is 4.13. The van der Waals surface area contributed by atoms with E-state index in [9.17, 15) is 35.2 Å². The van der Waals surface area contributed by atoms with Crippen molar-refractivity contribution < 1.29 is 39.9 Å². The number of carbonyl (C=O) groups is 1. The van der Waals surface area contributed by atoms with Crippen molar-refractivity contribution in [2.75, 3.05) is 18.0 Å². The molecule has 3 atom stereocenters. The normalized spacial score (nSPS) is 23.5. The summed E-state index contributed by atoms with van der Waals surface area (Å²) in [5.74, 6) is -1.07. The van der Waals surface area contributed by atoms with Crippen LogP contribution in [-0.4, -0.2) is 72.4 Å². The van der Waals surface area contributed by atoms with Gasteiger partial charge in [-0.1, -0.05) is 0 Å². The van der Waals surface area contributed by atoms with Crippen LogP contribution < -0.4 is 10.2 Å². The lowest BCUT2D eigenvalue weighted by atomic mass is 10.1. The SMILES string of the molecule is C[C@H]1[C@H](F)C[C@@H](C(=O)NCc2cc(N3CC(OC(F)(F)F)C3)ncn2)N1S(=O)(=O)c1ccc(F)cc1. The van der Waals surface area contributed by atoms with Crippen LogP contribution in [0.5, 0.6) is 0 Å². The summed E-state index contributed by atoms with van der Waals surface area (Å²) in [6, 6.07) is 2.99. The second-order valence-corrected chi connectivity index (χ2v) is 10.3. The number of anilines is 1. The number of ether oxygens (including phenoxy) is 1. The first-order valence-electron chi connectivity index (χ1n) is 10.9. The Kier molecular flexibility index (Phi) is 7.16. The van der Waals surface area contributed by atoms with Crippen LogP contribution in [0.3, 0.4) is 0 Å². The Morgan fingerprint density at radius 3 is 2.50 bits per heavy atom. The lowest BCUT2D eigenvalue weighted by Crippen LogP contribution is -2.54. The fourth-order valence-corrected chi connectivity index (χ4v) is 5.94. The van der Waals surface area contributed by atoms with Crippen LogP contribution in [0, 0.1) is 5.82 Å². The number of nitrogens with zero attached hydrogens (tertiary/aromatic N) is 4. The van der Waals surface area contributed by atoms with E-state index in [-0.39, 0.29) is 31.0 Å². The van der Waals surface area contributed by atoms with Crippen molar-refractivity contribution in [3.63, 3.8) is 0 Å². The van der Waals surface area contributed by atoms with Gasteiger partial charge < -0.3 is 10.2 Å². The van der Waals surface area contributed by atoms with Gasteiger partial charge in [0.05, 0.1) is 23.2 Å². The van der Waals surface area contributed by atoms with Gasteiger partial charge in [-0.15, -0.1) is 13.2 Å². The van der Waals surface area contributed by atoms with Crippen molar-refractivity contribution in [3.05, 3.63) is 48.2 Å². The third kappa shape index (κ3) is 5.57. The second kappa shape index (κ2) is 9.86. The van der Waals surface area contributed by atoms with E-state index in [4.69, 9.17) is 0 Å². The molecule has 2 fully saturated rings. The summed E-state index contributed by atoms with van der Waals surface area (Å²) in [7, 11) is -4.31. The summed E-state index contributed by atoms with van der Waals surface area (Å²) >= 11 is 0. The highest BCUT2D eigenvalue weighted by atomic mass is 32.2. The van der Waals surface area contributed by atoms with Gasteiger partial charge in [-0.05, 0) is 31.2 Å². The molecule has 1 N–H and O–H groups in total. The van der Waals surface area contributed by atoms with E-state index < -0.39 is 52.5 Å². The number of sulfonamides is 1. The molecule has 2 aromatic rings. The molecule has 196 valence electrons. The Morgan fingerprint density at radius 1 is 1.19 bits per heavy atom. The van der Waals surface area contributed by atoms with E-state index in [2.05, 4.69) is 20.0 Å². The maximum absolute atomic E-state index is 14.5. The molecule has 1 amide bonds. The van der Waals surface area contributed by atoms with Crippen molar-refractivity contribution in [2.45, 2.75) is 55.5 Å². The highest BCUT2D eigenvalue weighted by Crippen LogP contribution is 2.33. The first-order chi connectivity index (χ1) is 16.8. The smallest absolute Gasteiger partial charge is 0.351 e. The van der Waals surface area contributed by atoms with Crippen LogP contribution in [-0.2, 0) is 26.1 Å². The number of carbonyl (C=O) groups excluding carboxylic acids is 1. The van der Waals surface area contributed by atoms with Crippen molar-refractivity contribution in [2.24, 2.45) is 0 Å². The molecule has 1 aromatic heterocycles. The number of nitrogens with one attached hydrogen (secondary N) is 1. The van der Waals surface area contributed by atoms with E-state index in [0.29, 0.717) is 11.5 Å². The number of hydrogen-bond acceptors (Lipinski definition) is 7. The lowest BCUT2D eigenvalue weighted by Gasteiger charge is -2.39. The molecule has 0 bridgehead atoms. The monoisotopic (exact) mass is 535 g/mol. The predicted octanol–water partition coefficient (Wildman–Crippen LogP) is 2.15. The highest BCUT2D eigenvalue weighted by Gasteiger charge is 2.49. The minimum atomic E-state index is -4.73. The standard InChI is InChI=1S/C21H22F5N5O4S/c1-12-17(23)7-18(31(12)36(33,34)16-4-2-13(22)3-5-16)20(32)27-8-14-6-19(29-11-28-14)30-9-15(10-30)35-21(24,25)26/h2-6,11-12,15,17-18H,7-10H2,1H3,(H,27,32)/t12-,17+,18-/m0/s1. The summed E-state index contributed by atoms with van der Waals surface area (Å²) in [6.45, 7) is 1.13. The summed E-state index contributed by atoms with van der Waals surface area (Å²) in [5, 5.41) is 2.53. The van der Waals surface area contributed by atoms with Crippen molar-refractivity contribution in [1.82, 2.24) is 19.6 Å². The van der Waals surface area contributed by atoms with Crippen LogP contribution in [0.4, 0.5) is 27.8 Å². The molecule has 1 aromatic carbocycles. The maximum Gasteiger partial charge on any atom is 0.522 e. The number of amides is 1. The first-order valence-corrected chi connectivity index (χ1v) is 12.3. The first kappa shape index (κ1) is 26.2. The number of rotatable bonds is 7. The number of alkyl halides is 4. The van der Waals surface area contributed by atoms with Gasteiger partial charge in [0.15, 0.2) is 0 Å². The van der Waals surface area contributed by atoms with Crippen LogP contribution in [0.2, 0.25) is 0 Å². The van der Waals surface area contributed by atoms with E-state index in [1.165, 1.54) is 24.2 Å². The van der Waals surface area contributed by atoms with E-state index in [1.54, 1.807) is 0 Å². The Bertz CT molecular complexity index is 1210.